The molecule has 1 aromatic rings. The Morgan fingerprint density at radius 2 is 1.58 bits per heavy atom. The lowest BCUT2D eigenvalue weighted by molar-refractivity contribution is -0.124. The van der Waals surface area contributed by atoms with Crippen LogP contribution in [0.4, 0.5) is 5.69 Å². The van der Waals surface area contributed by atoms with Gasteiger partial charge in [0.25, 0.3) is 5.91 Å². The Balaban J connectivity index is 3.10. The lowest BCUT2D eigenvalue weighted by atomic mass is 10.1. The minimum absolute atomic E-state index is 0.0802. The molecule has 0 heterocycles. The molecule has 1 aromatic carbocycles. The normalized spacial score (nSPS) is 11.7. The van der Waals surface area contributed by atoms with Crippen LogP contribution < -0.4 is 16.8 Å². The number of methoxy groups -OCH3 is 1. The molecule has 1 rings (SSSR count). The highest BCUT2D eigenvalue weighted by Crippen LogP contribution is 2.15. The van der Waals surface area contributed by atoms with Crippen molar-refractivity contribution in [3.05, 3.63) is 29.3 Å². The van der Waals surface area contributed by atoms with Gasteiger partial charge in [-0.2, -0.15) is 0 Å². The number of benzene rings is 1. The summed E-state index contributed by atoms with van der Waals surface area (Å²) in [6, 6.07) is 3.98. The first-order valence-corrected chi connectivity index (χ1v) is 5.43. The van der Waals surface area contributed by atoms with Crippen molar-refractivity contribution in [2.75, 3.05) is 12.4 Å². The molecular weight excluding hydrogens is 250 g/mol. The quantitative estimate of drug-likeness (QED) is 0.685. The zero-order chi connectivity index (χ0) is 14.6. The predicted octanol–water partition coefficient (Wildman–Crippen LogP) is -0.142. The summed E-state index contributed by atoms with van der Waals surface area (Å²) in [4.78, 5) is 33.9. The third-order valence-corrected chi connectivity index (χ3v) is 2.49. The molecule has 0 saturated heterocycles. The highest BCUT2D eigenvalue weighted by atomic mass is 16.5. The molecule has 0 aliphatic heterocycles. The van der Waals surface area contributed by atoms with Gasteiger partial charge in [0.05, 0.1) is 0 Å². The average molecular weight is 265 g/mol. The first-order chi connectivity index (χ1) is 8.85. The van der Waals surface area contributed by atoms with E-state index < -0.39 is 23.8 Å². The van der Waals surface area contributed by atoms with Gasteiger partial charge in [0.1, 0.15) is 6.10 Å². The standard InChI is InChI=1S/C12H15N3O4/c1-6(19-2)12(18)15-9-4-7(10(13)16)3-8(5-9)11(14)17/h3-6H,1-2H3,(H2,13,16)(H2,14,17)(H,15,18). The molecule has 0 saturated carbocycles. The van der Waals surface area contributed by atoms with Crippen LogP contribution in [0.25, 0.3) is 0 Å². The van der Waals surface area contributed by atoms with E-state index in [0.717, 1.165) is 0 Å². The van der Waals surface area contributed by atoms with Crippen molar-refractivity contribution in [2.24, 2.45) is 11.5 Å². The van der Waals surface area contributed by atoms with E-state index in [9.17, 15) is 14.4 Å². The van der Waals surface area contributed by atoms with Gasteiger partial charge in [-0.3, -0.25) is 14.4 Å². The number of hydrogen-bond acceptors (Lipinski definition) is 4. The minimum atomic E-state index is -0.724. The lowest BCUT2D eigenvalue weighted by Gasteiger charge is -2.12. The average Bonchev–Trinajstić information content (AvgIpc) is 2.37. The SMILES string of the molecule is COC(C)C(=O)Nc1cc(C(N)=O)cc(C(N)=O)c1. The summed E-state index contributed by atoms with van der Waals surface area (Å²) in [5, 5.41) is 2.50. The summed E-state index contributed by atoms with van der Waals surface area (Å²) >= 11 is 0. The van der Waals surface area contributed by atoms with Gasteiger partial charge in [0.2, 0.25) is 11.8 Å². The second-order valence-electron chi connectivity index (χ2n) is 3.89. The molecule has 0 aliphatic rings. The van der Waals surface area contributed by atoms with Crippen molar-refractivity contribution in [1.82, 2.24) is 0 Å². The van der Waals surface area contributed by atoms with Gasteiger partial charge in [0, 0.05) is 23.9 Å². The van der Waals surface area contributed by atoms with Crippen LogP contribution in [0.15, 0.2) is 18.2 Å². The van der Waals surface area contributed by atoms with Crippen LogP contribution in [0.1, 0.15) is 27.6 Å². The summed E-state index contributed by atoms with van der Waals surface area (Å²) in [5.41, 5.74) is 10.7. The van der Waals surface area contributed by atoms with Crippen molar-refractivity contribution >= 4 is 23.4 Å². The highest BCUT2D eigenvalue weighted by Gasteiger charge is 2.14. The third-order valence-electron chi connectivity index (χ3n) is 2.49. The van der Waals surface area contributed by atoms with Crippen LogP contribution in [0, 0.1) is 0 Å². The number of amides is 3. The van der Waals surface area contributed by atoms with E-state index >= 15 is 0 Å². The Hall–Kier alpha value is -2.41. The largest absolute Gasteiger partial charge is 0.372 e. The van der Waals surface area contributed by atoms with Crippen molar-refractivity contribution in [2.45, 2.75) is 13.0 Å². The highest BCUT2D eigenvalue weighted by molar-refractivity contribution is 6.02. The maximum absolute atomic E-state index is 11.6. The molecular formula is C12H15N3O4. The van der Waals surface area contributed by atoms with Crippen LogP contribution in [-0.2, 0) is 9.53 Å². The van der Waals surface area contributed by atoms with Crippen molar-refractivity contribution in [3.8, 4) is 0 Å². The smallest absolute Gasteiger partial charge is 0.253 e. The summed E-state index contributed by atoms with van der Waals surface area (Å²) in [6.45, 7) is 1.56. The Bertz CT molecular complexity index is 495. The third kappa shape index (κ3) is 3.78. The van der Waals surface area contributed by atoms with Gasteiger partial charge in [-0.25, -0.2) is 0 Å². The molecule has 102 valence electrons. The fourth-order valence-electron chi connectivity index (χ4n) is 1.34. The maximum atomic E-state index is 11.6. The molecule has 19 heavy (non-hydrogen) atoms. The summed E-state index contributed by atoms with van der Waals surface area (Å²) < 4.78 is 4.84. The second-order valence-corrected chi connectivity index (χ2v) is 3.89. The topological polar surface area (TPSA) is 125 Å². The van der Waals surface area contributed by atoms with Crippen molar-refractivity contribution < 1.29 is 19.1 Å². The van der Waals surface area contributed by atoms with E-state index in [4.69, 9.17) is 16.2 Å². The number of anilines is 1. The number of nitrogens with two attached hydrogens (primary N) is 2. The minimum Gasteiger partial charge on any atom is -0.372 e. The Morgan fingerprint density at radius 1 is 1.11 bits per heavy atom. The Kier molecular flexibility index (Phi) is 4.60. The Morgan fingerprint density at radius 3 is 1.95 bits per heavy atom. The number of ether oxygens (including phenoxy) is 1. The van der Waals surface area contributed by atoms with Gasteiger partial charge in [-0.15, -0.1) is 0 Å². The van der Waals surface area contributed by atoms with Crippen LogP contribution >= 0.6 is 0 Å². The number of carbonyl (C=O) groups excluding carboxylic acids is 3. The Labute approximate surface area is 109 Å². The molecule has 0 bridgehead atoms. The number of rotatable bonds is 5. The fraction of sp³-hybridized carbons (Fsp3) is 0.250. The summed E-state index contributed by atoms with van der Waals surface area (Å²) in [5.74, 6) is -1.86. The van der Waals surface area contributed by atoms with Gasteiger partial charge in [-0.05, 0) is 25.1 Å². The maximum Gasteiger partial charge on any atom is 0.253 e. The van der Waals surface area contributed by atoms with Gasteiger partial charge < -0.3 is 21.5 Å². The van der Waals surface area contributed by atoms with Crippen LogP contribution in [0.2, 0.25) is 0 Å². The first-order valence-electron chi connectivity index (χ1n) is 5.43. The molecule has 7 heteroatoms. The molecule has 0 spiro atoms. The van der Waals surface area contributed by atoms with E-state index in [2.05, 4.69) is 5.32 Å². The predicted molar refractivity (Wildman–Crippen MR) is 68.6 cm³/mol. The van der Waals surface area contributed by atoms with E-state index in [1.807, 2.05) is 0 Å². The van der Waals surface area contributed by atoms with Gasteiger partial charge in [0.15, 0.2) is 0 Å². The molecule has 0 radical (unpaired) electrons. The number of primary amides is 2. The van der Waals surface area contributed by atoms with Crippen LogP contribution in [0.5, 0.6) is 0 Å². The van der Waals surface area contributed by atoms with E-state index in [1.54, 1.807) is 6.92 Å². The second kappa shape index (κ2) is 5.96. The van der Waals surface area contributed by atoms with E-state index in [0.29, 0.717) is 0 Å². The van der Waals surface area contributed by atoms with Crippen LogP contribution in [-0.4, -0.2) is 30.9 Å². The molecule has 1 atom stereocenters. The van der Waals surface area contributed by atoms with E-state index in [1.165, 1.54) is 25.3 Å². The monoisotopic (exact) mass is 265 g/mol. The number of hydrogen-bond donors (Lipinski definition) is 3. The number of nitrogens with one attached hydrogen (secondary N) is 1. The molecule has 7 nitrogen and oxygen atoms in total. The molecule has 0 aromatic heterocycles. The number of carbonyl (C=O) groups is 3. The summed E-state index contributed by atoms with van der Waals surface area (Å²) in [7, 11) is 1.39. The molecule has 0 aliphatic carbocycles. The molecule has 5 N–H and O–H groups in total. The van der Waals surface area contributed by atoms with E-state index in [-0.39, 0.29) is 16.8 Å². The van der Waals surface area contributed by atoms with Crippen molar-refractivity contribution in [3.63, 3.8) is 0 Å². The van der Waals surface area contributed by atoms with Crippen molar-refractivity contribution in [1.29, 1.82) is 0 Å². The van der Waals surface area contributed by atoms with Crippen LogP contribution in [0.3, 0.4) is 0 Å². The zero-order valence-corrected chi connectivity index (χ0v) is 10.6. The molecule has 3 amide bonds. The van der Waals surface area contributed by atoms with Gasteiger partial charge >= 0.3 is 0 Å². The summed E-state index contributed by atoms with van der Waals surface area (Å²) in [6.07, 6.45) is -0.672. The lowest BCUT2D eigenvalue weighted by Crippen LogP contribution is -2.27. The zero-order valence-electron chi connectivity index (χ0n) is 10.6. The fourth-order valence-corrected chi connectivity index (χ4v) is 1.34. The molecule has 1 unspecified atom stereocenters. The van der Waals surface area contributed by atoms with Gasteiger partial charge in [-0.1, -0.05) is 0 Å². The first kappa shape index (κ1) is 14.7. The molecule has 0 fully saturated rings.